The number of ether oxygens (including phenoxy) is 2. The number of benzene rings is 2. The van der Waals surface area contributed by atoms with E-state index in [4.69, 9.17) is 14.6 Å². The summed E-state index contributed by atoms with van der Waals surface area (Å²) in [4.78, 5) is 16.7. The maximum Gasteiger partial charge on any atom is 0.248 e. The number of hydrogen-bond acceptors (Lipinski definition) is 5. The molecule has 0 spiro atoms. The van der Waals surface area contributed by atoms with E-state index in [9.17, 15) is 9.18 Å². The number of fused-ring (bicyclic) bond motifs is 1. The Balaban J connectivity index is 1.68. The van der Waals surface area contributed by atoms with Gasteiger partial charge in [0.15, 0.2) is 0 Å². The highest BCUT2D eigenvalue weighted by Gasteiger charge is 2.28. The number of halogens is 1. The van der Waals surface area contributed by atoms with Gasteiger partial charge in [0.05, 0.1) is 25.0 Å². The number of hydrogen-bond donors (Lipinski definition) is 0. The fourth-order valence-electron chi connectivity index (χ4n) is 4.43. The second-order valence-electron chi connectivity index (χ2n) is 8.38. The van der Waals surface area contributed by atoms with Gasteiger partial charge in [-0.25, -0.2) is 9.07 Å². The molecule has 1 aliphatic heterocycles. The second kappa shape index (κ2) is 10.8. The van der Waals surface area contributed by atoms with Crippen molar-refractivity contribution >= 4 is 5.91 Å². The Labute approximate surface area is 199 Å². The van der Waals surface area contributed by atoms with Crippen molar-refractivity contribution in [2.45, 2.75) is 33.0 Å². The molecule has 0 unspecified atom stereocenters. The maximum atomic E-state index is 13.3. The summed E-state index contributed by atoms with van der Waals surface area (Å²) >= 11 is 0. The Morgan fingerprint density at radius 3 is 2.62 bits per heavy atom. The van der Waals surface area contributed by atoms with Crippen molar-refractivity contribution in [3.05, 3.63) is 76.9 Å². The van der Waals surface area contributed by atoms with Crippen LogP contribution in [0.15, 0.2) is 48.5 Å². The molecule has 2 aromatic carbocycles. The van der Waals surface area contributed by atoms with E-state index in [0.29, 0.717) is 19.6 Å². The van der Waals surface area contributed by atoms with Gasteiger partial charge in [-0.3, -0.25) is 9.69 Å². The molecule has 0 aliphatic carbocycles. The zero-order chi connectivity index (χ0) is 24.1. The molecule has 3 aromatic rings. The topological polar surface area (TPSA) is 59.8 Å². The number of rotatable bonds is 9. The summed E-state index contributed by atoms with van der Waals surface area (Å²) < 4.78 is 26.0. The van der Waals surface area contributed by atoms with Crippen LogP contribution in [-0.2, 0) is 35.6 Å². The van der Waals surface area contributed by atoms with Gasteiger partial charge >= 0.3 is 0 Å². The average Bonchev–Trinajstić information content (AvgIpc) is 3.21. The molecular formula is C26H31FN4O3. The van der Waals surface area contributed by atoms with Crippen molar-refractivity contribution < 1.29 is 18.7 Å². The summed E-state index contributed by atoms with van der Waals surface area (Å²) in [7, 11) is 3.18. The third-order valence-electron chi connectivity index (χ3n) is 6.20. The van der Waals surface area contributed by atoms with Crippen LogP contribution < -0.4 is 4.74 Å². The zero-order valence-corrected chi connectivity index (χ0v) is 20.0. The third-order valence-corrected chi connectivity index (χ3v) is 6.20. The Kier molecular flexibility index (Phi) is 7.59. The molecule has 0 saturated heterocycles. The number of amides is 1. The fourth-order valence-corrected chi connectivity index (χ4v) is 4.43. The molecule has 1 amide bonds. The Morgan fingerprint density at radius 2 is 1.91 bits per heavy atom. The molecule has 0 atom stereocenters. The monoisotopic (exact) mass is 466 g/mol. The molecule has 1 aliphatic rings. The van der Waals surface area contributed by atoms with Crippen LogP contribution in [0.2, 0.25) is 0 Å². The minimum atomic E-state index is -0.231. The van der Waals surface area contributed by atoms with Crippen LogP contribution in [0.25, 0.3) is 5.69 Å². The summed E-state index contributed by atoms with van der Waals surface area (Å²) in [6, 6.07) is 14.5. The number of methoxy groups -OCH3 is 2. The maximum absolute atomic E-state index is 13.3. The van der Waals surface area contributed by atoms with Crippen LogP contribution in [0.5, 0.6) is 5.75 Å². The van der Waals surface area contributed by atoms with Crippen molar-refractivity contribution in [3.63, 3.8) is 0 Å². The summed E-state index contributed by atoms with van der Waals surface area (Å²) in [6.45, 7) is 5.25. The number of carbonyl (C=O) groups is 1. The van der Waals surface area contributed by atoms with Gasteiger partial charge < -0.3 is 14.4 Å². The van der Waals surface area contributed by atoms with Crippen LogP contribution in [0.4, 0.5) is 4.39 Å². The Bertz CT molecular complexity index is 1130. The van der Waals surface area contributed by atoms with Crippen molar-refractivity contribution in [1.82, 2.24) is 19.6 Å². The summed E-state index contributed by atoms with van der Waals surface area (Å²) in [6.07, 6.45) is 0.805. The van der Waals surface area contributed by atoms with E-state index < -0.39 is 0 Å². The van der Waals surface area contributed by atoms with Gasteiger partial charge in [-0.15, -0.1) is 0 Å². The number of para-hydroxylation sites is 2. The normalized spacial score (nSPS) is 13.5. The van der Waals surface area contributed by atoms with Crippen molar-refractivity contribution in [1.29, 1.82) is 0 Å². The highest BCUT2D eigenvalue weighted by molar-refractivity contribution is 5.77. The van der Waals surface area contributed by atoms with Crippen LogP contribution in [0.3, 0.4) is 0 Å². The third kappa shape index (κ3) is 5.13. The average molecular weight is 467 g/mol. The van der Waals surface area contributed by atoms with Crippen LogP contribution >= 0.6 is 0 Å². The summed E-state index contributed by atoms with van der Waals surface area (Å²) in [5.41, 5.74) is 5.07. The first-order valence-electron chi connectivity index (χ1n) is 11.5. The van der Waals surface area contributed by atoms with Gasteiger partial charge in [-0.2, -0.15) is 5.10 Å². The van der Waals surface area contributed by atoms with Gasteiger partial charge in [0.1, 0.15) is 23.9 Å². The Hall–Kier alpha value is -3.23. The molecular weight excluding hydrogens is 435 g/mol. The summed E-state index contributed by atoms with van der Waals surface area (Å²) in [5.74, 6) is 0.450. The number of likely N-dealkylation sites (N-methyl/N-ethyl adjacent to an activating group) is 1. The molecule has 0 N–H and O–H groups in total. The van der Waals surface area contributed by atoms with E-state index >= 15 is 0 Å². The lowest BCUT2D eigenvalue weighted by Gasteiger charge is -2.28. The molecule has 8 heteroatoms. The minimum Gasteiger partial charge on any atom is -0.494 e. The van der Waals surface area contributed by atoms with Gasteiger partial charge in [-0.05, 0) is 36.8 Å². The first-order chi connectivity index (χ1) is 16.5. The number of carbonyl (C=O) groups excluding carboxylic acids is 1. The molecule has 0 fully saturated rings. The van der Waals surface area contributed by atoms with Gasteiger partial charge in [0, 0.05) is 45.3 Å². The largest absolute Gasteiger partial charge is 0.494 e. The molecule has 180 valence electrons. The zero-order valence-electron chi connectivity index (χ0n) is 20.0. The lowest BCUT2D eigenvalue weighted by Crippen LogP contribution is -2.34. The SMILES string of the molecule is CCN(Cc1nn(-c2ccccc2OC)c2c1CN(Cc1ccc(F)cc1)CC2)C(=O)COC. The smallest absolute Gasteiger partial charge is 0.248 e. The van der Waals surface area contributed by atoms with E-state index in [1.807, 2.05) is 48.0 Å². The van der Waals surface area contributed by atoms with E-state index in [-0.39, 0.29) is 18.3 Å². The molecule has 1 aromatic heterocycles. The first kappa shape index (κ1) is 23.9. The van der Waals surface area contributed by atoms with Gasteiger partial charge in [-0.1, -0.05) is 24.3 Å². The van der Waals surface area contributed by atoms with Crippen molar-refractivity contribution in [2.75, 3.05) is 33.9 Å². The van der Waals surface area contributed by atoms with E-state index in [0.717, 1.165) is 53.5 Å². The fraction of sp³-hybridized carbons (Fsp3) is 0.385. The standard InChI is InChI=1S/C26H31FN4O3/c1-4-30(26(32)18-33-2)17-22-21-16-29(15-19-9-11-20(27)12-10-19)14-13-23(21)31(28-22)24-7-5-6-8-25(24)34-3/h5-12H,4,13-18H2,1-3H3. The van der Waals surface area contributed by atoms with Crippen LogP contribution in [0, 0.1) is 5.82 Å². The second-order valence-corrected chi connectivity index (χ2v) is 8.38. The predicted molar refractivity (Wildman–Crippen MR) is 127 cm³/mol. The van der Waals surface area contributed by atoms with Crippen molar-refractivity contribution in [2.24, 2.45) is 0 Å². The quantitative estimate of drug-likeness (QED) is 0.483. The van der Waals surface area contributed by atoms with Gasteiger partial charge in [0.25, 0.3) is 0 Å². The first-order valence-corrected chi connectivity index (χ1v) is 11.5. The molecule has 0 bridgehead atoms. The lowest BCUT2D eigenvalue weighted by atomic mass is 10.0. The lowest BCUT2D eigenvalue weighted by molar-refractivity contribution is -0.135. The van der Waals surface area contributed by atoms with E-state index in [2.05, 4.69) is 4.90 Å². The Morgan fingerprint density at radius 1 is 1.15 bits per heavy atom. The molecule has 0 saturated carbocycles. The van der Waals surface area contributed by atoms with E-state index in [1.54, 1.807) is 12.0 Å². The molecule has 2 heterocycles. The van der Waals surface area contributed by atoms with Gasteiger partial charge in [0.2, 0.25) is 5.91 Å². The minimum absolute atomic E-state index is 0.0416. The molecule has 0 radical (unpaired) electrons. The highest BCUT2D eigenvalue weighted by Crippen LogP contribution is 2.30. The summed E-state index contributed by atoms with van der Waals surface area (Å²) in [5, 5.41) is 4.98. The number of aromatic nitrogens is 2. The van der Waals surface area contributed by atoms with Crippen LogP contribution in [0.1, 0.15) is 29.4 Å². The predicted octanol–water partition coefficient (Wildman–Crippen LogP) is 3.57. The van der Waals surface area contributed by atoms with E-state index in [1.165, 1.54) is 19.2 Å². The highest BCUT2D eigenvalue weighted by atomic mass is 19.1. The molecule has 34 heavy (non-hydrogen) atoms. The molecule has 4 rings (SSSR count). The van der Waals surface area contributed by atoms with Crippen LogP contribution in [-0.4, -0.2) is 59.4 Å². The number of nitrogens with zero attached hydrogens (tertiary/aromatic N) is 4. The molecule has 7 nitrogen and oxygen atoms in total. The van der Waals surface area contributed by atoms with Crippen molar-refractivity contribution in [3.8, 4) is 11.4 Å².